The molecule has 1 N–H and O–H groups in total. The minimum Gasteiger partial charge on any atom is -0.369 e. The maximum Gasteiger partial charge on any atom is 0.277 e. The monoisotopic (exact) mass is 397 g/mol. The van der Waals surface area contributed by atoms with Gasteiger partial charge in [-0.2, -0.15) is 0 Å². The van der Waals surface area contributed by atoms with E-state index in [0.29, 0.717) is 25.3 Å². The van der Waals surface area contributed by atoms with Gasteiger partial charge in [0.15, 0.2) is 9.84 Å². The molecule has 9 heteroatoms. The van der Waals surface area contributed by atoms with Crippen molar-refractivity contribution in [3.8, 4) is 0 Å². The summed E-state index contributed by atoms with van der Waals surface area (Å²) in [6.45, 7) is 3.54. The van der Waals surface area contributed by atoms with Gasteiger partial charge in [-0.25, -0.2) is 8.42 Å². The van der Waals surface area contributed by atoms with Crippen molar-refractivity contribution in [3.63, 3.8) is 0 Å². The molecule has 3 rings (SSSR count). The van der Waals surface area contributed by atoms with E-state index in [-0.39, 0.29) is 21.0 Å². The maximum absolute atomic E-state index is 12.9. The quantitative estimate of drug-likeness (QED) is 0.780. The lowest BCUT2D eigenvalue weighted by molar-refractivity contribution is 0.103. The standard InChI is InChI=1S/C17H20ClN3O4S/c1-3-21-17(23)12(10-19-21)16(22)11-6-7-13(26(2,24)25)15(14(11)18)20-8-4-5-9-20/h6-7,10,19H,3-5,8-9H2,1-2H3. The molecule has 1 aromatic heterocycles. The van der Waals surface area contributed by atoms with Crippen LogP contribution in [0.25, 0.3) is 0 Å². The van der Waals surface area contributed by atoms with Gasteiger partial charge in [0.2, 0.25) is 5.78 Å². The molecule has 2 aromatic rings. The normalized spacial score (nSPS) is 14.8. The number of aryl methyl sites for hydroxylation is 1. The number of benzene rings is 1. The number of aromatic nitrogens is 2. The first-order chi connectivity index (χ1) is 12.3. The molecule has 0 atom stereocenters. The number of ketones is 1. The van der Waals surface area contributed by atoms with Crippen LogP contribution in [-0.4, -0.2) is 43.3 Å². The molecular weight excluding hydrogens is 378 g/mol. The van der Waals surface area contributed by atoms with Crippen LogP contribution in [0, 0.1) is 0 Å². The number of halogens is 1. The number of rotatable bonds is 5. The molecule has 0 unspecified atom stereocenters. The molecule has 7 nitrogen and oxygen atoms in total. The number of sulfone groups is 1. The Bertz CT molecular complexity index is 1020. The summed E-state index contributed by atoms with van der Waals surface area (Å²) >= 11 is 6.49. The van der Waals surface area contributed by atoms with Gasteiger partial charge in [0, 0.05) is 37.7 Å². The van der Waals surface area contributed by atoms with Crippen LogP contribution in [0.5, 0.6) is 0 Å². The van der Waals surface area contributed by atoms with E-state index < -0.39 is 21.2 Å². The van der Waals surface area contributed by atoms with E-state index in [0.717, 1.165) is 19.1 Å². The largest absolute Gasteiger partial charge is 0.369 e. The van der Waals surface area contributed by atoms with Crippen LogP contribution >= 0.6 is 11.6 Å². The number of nitrogens with zero attached hydrogens (tertiary/aromatic N) is 2. The summed E-state index contributed by atoms with van der Waals surface area (Å²) in [6, 6.07) is 2.77. The van der Waals surface area contributed by atoms with Gasteiger partial charge in [-0.1, -0.05) is 11.6 Å². The summed E-state index contributed by atoms with van der Waals surface area (Å²) < 4.78 is 25.7. The molecule has 1 aliphatic rings. The molecule has 1 aliphatic heterocycles. The van der Waals surface area contributed by atoms with Gasteiger partial charge in [-0.05, 0) is 31.9 Å². The molecule has 140 valence electrons. The summed E-state index contributed by atoms with van der Waals surface area (Å²) in [5, 5.41) is 2.81. The molecular formula is C17H20ClN3O4S. The molecule has 0 amide bonds. The molecule has 0 radical (unpaired) electrons. The zero-order chi connectivity index (χ0) is 19.1. The molecule has 0 saturated carbocycles. The van der Waals surface area contributed by atoms with Crippen molar-refractivity contribution >= 4 is 32.9 Å². The molecule has 1 fully saturated rings. The predicted molar refractivity (Wildman–Crippen MR) is 100 cm³/mol. The second-order valence-electron chi connectivity index (χ2n) is 6.31. The second-order valence-corrected chi connectivity index (χ2v) is 8.67. The number of carbonyl (C=O) groups is 1. The third-order valence-electron chi connectivity index (χ3n) is 4.55. The van der Waals surface area contributed by atoms with Gasteiger partial charge >= 0.3 is 0 Å². The zero-order valence-corrected chi connectivity index (χ0v) is 16.2. The fraction of sp³-hybridized carbons (Fsp3) is 0.412. The van der Waals surface area contributed by atoms with Crippen molar-refractivity contribution in [3.05, 3.63) is 44.8 Å². The van der Waals surface area contributed by atoms with Gasteiger partial charge in [0.1, 0.15) is 5.56 Å². The number of anilines is 1. The van der Waals surface area contributed by atoms with Gasteiger partial charge in [0.05, 0.1) is 15.6 Å². The Morgan fingerprint density at radius 1 is 1.23 bits per heavy atom. The summed E-state index contributed by atoms with van der Waals surface area (Å²) in [6.07, 6.45) is 4.32. The fourth-order valence-electron chi connectivity index (χ4n) is 3.21. The molecule has 1 saturated heterocycles. The third-order valence-corrected chi connectivity index (χ3v) is 6.06. The second kappa shape index (κ2) is 6.92. The third kappa shape index (κ3) is 3.19. The zero-order valence-electron chi connectivity index (χ0n) is 14.6. The number of hydrogen-bond acceptors (Lipinski definition) is 5. The number of hydrogen-bond donors (Lipinski definition) is 1. The van der Waals surface area contributed by atoms with Crippen LogP contribution in [0.2, 0.25) is 5.02 Å². The summed E-state index contributed by atoms with van der Waals surface area (Å²) in [4.78, 5) is 27.1. The number of aromatic amines is 1. The van der Waals surface area contributed by atoms with Crippen molar-refractivity contribution < 1.29 is 13.2 Å². The minimum atomic E-state index is -3.52. The lowest BCUT2D eigenvalue weighted by Gasteiger charge is -2.23. The lowest BCUT2D eigenvalue weighted by atomic mass is 10.0. The highest BCUT2D eigenvalue weighted by Crippen LogP contribution is 2.38. The molecule has 26 heavy (non-hydrogen) atoms. The predicted octanol–water partition coefficient (Wildman–Crippen LogP) is 2.08. The first-order valence-electron chi connectivity index (χ1n) is 8.36. The Morgan fingerprint density at radius 3 is 2.42 bits per heavy atom. The average molecular weight is 398 g/mol. The number of H-pyrrole nitrogens is 1. The number of nitrogens with one attached hydrogen (secondary N) is 1. The smallest absolute Gasteiger partial charge is 0.277 e. The highest BCUT2D eigenvalue weighted by Gasteiger charge is 2.28. The van der Waals surface area contributed by atoms with E-state index in [1.807, 2.05) is 4.90 Å². The van der Waals surface area contributed by atoms with E-state index in [2.05, 4.69) is 5.10 Å². The van der Waals surface area contributed by atoms with Gasteiger partial charge in [-0.3, -0.25) is 14.3 Å². The van der Waals surface area contributed by atoms with Gasteiger partial charge in [-0.15, -0.1) is 0 Å². The Labute approximate surface area is 156 Å². The van der Waals surface area contributed by atoms with Crippen LogP contribution in [0.3, 0.4) is 0 Å². The van der Waals surface area contributed by atoms with Crippen LogP contribution in [0.4, 0.5) is 5.69 Å². The van der Waals surface area contributed by atoms with E-state index in [9.17, 15) is 18.0 Å². The Hall–Kier alpha value is -2.06. The summed E-state index contributed by atoms with van der Waals surface area (Å²) in [5.74, 6) is -0.524. The average Bonchev–Trinajstić information content (AvgIpc) is 3.22. The molecule has 2 heterocycles. The van der Waals surface area contributed by atoms with E-state index in [4.69, 9.17) is 11.6 Å². The highest BCUT2D eigenvalue weighted by atomic mass is 35.5. The first-order valence-corrected chi connectivity index (χ1v) is 10.6. The fourth-order valence-corrected chi connectivity index (χ4v) is 4.53. The molecule has 1 aromatic carbocycles. The van der Waals surface area contributed by atoms with Crippen molar-refractivity contribution in [1.82, 2.24) is 9.78 Å². The van der Waals surface area contributed by atoms with Crippen LogP contribution < -0.4 is 10.5 Å². The Morgan fingerprint density at radius 2 is 1.88 bits per heavy atom. The maximum atomic E-state index is 12.9. The van der Waals surface area contributed by atoms with Crippen LogP contribution in [0.15, 0.2) is 28.0 Å². The van der Waals surface area contributed by atoms with Gasteiger partial charge < -0.3 is 10.00 Å². The minimum absolute atomic E-state index is 0.0202. The molecule has 0 bridgehead atoms. The molecule has 0 aliphatic carbocycles. The van der Waals surface area contributed by atoms with Crippen molar-refractivity contribution in [2.45, 2.75) is 31.2 Å². The van der Waals surface area contributed by atoms with Crippen LogP contribution in [0.1, 0.15) is 35.7 Å². The lowest BCUT2D eigenvalue weighted by Crippen LogP contribution is -2.23. The van der Waals surface area contributed by atoms with Gasteiger partial charge in [0.25, 0.3) is 5.56 Å². The molecule has 0 spiro atoms. The van der Waals surface area contributed by atoms with Crippen molar-refractivity contribution in [1.29, 1.82) is 0 Å². The first kappa shape index (κ1) is 18.7. The topological polar surface area (TPSA) is 92.2 Å². The summed E-state index contributed by atoms with van der Waals surface area (Å²) in [5.41, 5.74) is 0.0286. The Balaban J connectivity index is 2.17. The van der Waals surface area contributed by atoms with Crippen molar-refractivity contribution in [2.75, 3.05) is 24.2 Å². The van der Waals surface area contributed by atoms with E-state index in [1.165, 1.54) is 23.0 Å². The van der Waals surface area contributed by atoms with E-state index in [1.54, 1.807) is 6.92 Å². The van der Waals surface area contributed by atoms with Crippen LogP contribution in [-0.2, 0) is 16.4 Å². The van der Waals surface area contributed by atoms with E-state index >= 15 is 0 Å². The number of carbonyl (C=O) groups excluding carboxylic acids is 1. The highest BCUT2D eigenvalue weighted by molar-refractivity contribution is 7.90. The van der Waals surface area contributed by atoms with Crippen molar-refractivity contribution in [2.24, 2.45) is 0 Å². The Kier molecular flexibility index (Phi) is 4.98. The summed E-state index contributed by atoms with van der Waals surface area (Å²) in [7, 11) is -3.52. The SMILES string of the molecule is CCn1[nH]cc(C(=O)c2ccc(S(C)(=O)=O)c(N3CCCC3)c2Cl)c1=O.